The van der Waals surface area contributed by atoms with Gasteiger partial charge in [-0.15, -0.1) is 0 Å². The van der Waals surface area contributed by atoms with Gasteiger partial charge in [0, 0.05) is 53.6 Å². The highest BCUT2D eigenvalue weighted by molar-refractivity contribution is 8.32. The summed E-state index contributed by atoms with van der Waals surface area (Å²) in [6, 6.07) is 13.4. The molecular weight excluding hydrogens is 523 g/mol. The van der Waals surface area contributed by atoms with E-state index in [1.54, 1.807) is 37.6 Å². The summed E-state index contributed by atoms with van der Waals surface area (Å²) in [6.07, 6.45) is 8.71. The number of hydrogen-bond acceptors (Lipinski definition) is 4. The number of pyridine rings is 1. The zero-order valence-corrected chi connectivity index (χ0v) is 23.9. The molecule has 208 valence electrons. The largest absolute Gasteiger partial charge is 0.434 e. The average Bonchev–Trinajstić information content (AvgIpc) is 3.38. The van der Waals surface area contributed by atoms with Crippen molar-refractivity contribution < 1.29 is 22.6 Å². The predicted molar refractivity (Wildman–Crippen MR) is 152 cm³/mol. The molecule has 2 aromatic carbocycles. The Morgan fingerprint density at radius 1 is 1.10 bits per heavy atom. The number of para-hydroxylation sites is 1. The van der Waals surface area contributed by atoms with Crippen molar-refractivity contribution >= 4 is 21.1 Å². The van der Waals surface area contributed by atoms with E-state index in [1.807, 2.05) is 16.7 Å². The van der Waals surface area contributed by atoms with Crippen molar-refractivity contribution in [1.82, 2.24) is 14.5 Å². The number of rotatable bonds is 8. The van der Waals surface area contributed by atoms with Gasteiger partial charge in [0.05, 0.1) is 17.1 Å². The lowest BCUT2D eigenvalue weighted by molar-refractivity contribution is -0.0507. The van der Waals surface area contributed by atoms with Crippen LogP contribution in [0.15, 0.2) is 54.7 Å². The molecule has 2 aromatic heterocycles. The average molecular weight is 558 g/mol. The molecule has 2 atom stereocenters. The zero-order valence-electron chi connectivity index (χ0n) is 23.0. The number of methoxy groups -OCH3 is 1. The summed E-state index contributed by atoms with van der Waals surface area (Å²) in [5.41, 5.74) is 3.70. The third-order valence-corrected chi connectivity index (χ3v) is 8.77. The van der Waals surface area contributed by atoms with Crippen molar-refractivity contribution in [3.05, 3.63) is 77.6 Å². The number of ether oxygens (including phenoxy) is 2. The summed E-state index contributed by atoms with van der Waals surface area (Å²) in [5, 5.41) is 0. The molecular formula is C30H34F3N3O2S. The number of alkyl halides is 2. The SMILES string of the molecule is COC1CC(c2ccccc2OC(F)F)n2c1nc1cc(F)c(-c3ccc(C(C)(C)CS(C)(C)C)nc3)cc12. The van der Waals surface area contributed by atoms with Gasteiger partial charge in [-0.05, 0) is 42.7 Å². The minimum absolute atomic E-state index is 0.100. The van der Waals surface area contributed by atoms with Gasteiger partial charge in [-0.1, -0.05) is 38.1 Å². The molecule has 1 aliphatic rings. The van der Waals surface area contributed by atoms with Gasteiger partial charge in [0.1, 0.15) is 23.5 Å². The van der Waals surface area contributed by atoms with E-state index >= 15 is 4.39 Å². The summed E-state index contributed by atoms with van der Waals surface area (Å²) >= 11 is 0. The fourth-order valence-corrected chi connectivity index (χ4v) is 8.17. The van der Waals surface area contributed by atoms with Gasteiger partial charge in [0.25, 0.3) is 0 Å². The van der Waals surface area contributed by atoms with Crippen LogP contribution in [0, 0.1) is 5.82 Å². The topological polar surface area (TPSA) is 49.2 Å². The highest BCUT2D eigenvalue weighted by Gasteiger charge is 2.37. The maximum absolute atomic E-state index is 15.4. The Morgan fingerprint density at radius 3 is 2.49 bits per heavy atom. The Balaban J connectivity index is 1.59. The predicted octanol–water partition coefficient (Wildman–Crippen LogP) is 7.49. The summed E-state index contributed by atoms with van der Waals surface area (Å²) < 4.78 is 54.3. The van der Waals surface area contributed by atoms with E-state index < -0.39 is 22.5 Å². The van der Waals surface area contributed by atoms with Gasteiger partial charge in [0.2, 0.25) is 0 Å². The van der Waals surface area contributed by atoms with Gasteiger partial charge >= 0.3 is 6.61 Å². The first-order valence-corrected chi connectivity index (χ1v) is 15.8. The molecule has 0 amide bonds. The first-order chi connectivity index (χ1) is 18.4. The lowest BCUT2D eigenvalue weighted by Gasteiger charge is -2.35. The smallest absolute Gasteiger partial charge is 0.387 e. The lowest BCUT2D eigenvalue weighted by Crippen LogP contribution is -2.26. The Kier molecular flexibility index (Phi) is 7.18. The van der Waals surface area contributed by atoms with Gasteiger partial charge in [-0.3, -0.25) is 4.98 Å². The van der Waals surface area contributed by atoms with E-state index in [9.17, 15) is 8.78 Å². The first kappa shape index (κ1) is 27.5. The van der Waals surface area contributed by atoms with E-state index in [0.29, 0.717) is 40.0 Å². The fourth-order valence-electron chi connectivity index (χ4n) is 5.86. The minimum Gasteiger partial charge on any atom is -0.434 e. The molecule has 9 heteroatoms. The molecule has 3 heterocycles. The third-order valence-electron chi connectivity index (χ3n) is 7.18. The molecule has 2 unspecified atom stereocenters. The second-order valence-electron chi connectivity index (χ2n) is 11.6. The molecule has 0 saturated heterocycles. The molecule has 4 aromatic rings. The zero-order chi connectivity index (χ0) is 28.1. The molecule has 0 saturated carbocycles. The summed E-state index contributed by atoms with van der Waals surface area (Å²) in [6.45, 7) is 1.44. The van der Waals surface area contributed by atoms with Crippen LogP contribution < -0.4 is 4.74 Å². The van der Waals surface area contributed by atoms with E-state index in [0.717, 1.165) is 11.4 Å². The summed E-state index contributed by atoms with van der Waals surface area (Å²) in [7, 11) is 0.845. The molecule has 0 aliphatic carbocycles. The number of benzene rings is 2. The molecule has 5 rings (SSSR count). The van der Waals surface area contributed by atoms with Crippen molar-refractivity contribution in [1.29, 1.82) is 0 Å². The van der Waals surface area contributed by atoms with Gasteiger partial charge in [0.15, 0.2) is 0 Å². The standard InChI is InChI=1S/C30H34F3N3O2S/c1-30(2,17-39(4,5)6)27-12-11-18(16-34-27)20-13-24-22(14-21(20)31)35-28-26(37-3)15-23(36(24)28)19-9-7-8-10-25(19)38-29(32)33/h7-14,16,23,26,29H,15,17H2,1-6H3. The molecule has 1 aliphatic heterocycles. The van der Waals surface area contributed by atoms with Crippen LogP contribution in [0.3, 0.4) is 0 Å². The Labute approximate surface area is 228 Å². The Hall–Kier alpha value is -3.04. The second-order valence-corrected chi connectivity index (χ2v) is 16.1. The van der Waals surface area contributed by atoms with E-state index in [1.165, 1.54) is 12.1 Å². The van der Waals surface area contributed by atoms with Crippen LogP contribution in [0.4, 0.5) is 13.2 Å². The molecule has 5 nitrogen and oxygen atoms in total. The van der Waals surface area contributed by atoms with Crippen molar-refractivity contribution in [3.63, 3.8) is 0 Å². The van der Waals surface area contributed by atoms with Crippen LogP contribution in [-0.4, -0.2) is 52.8 Å². The lowest BCUT2D eigenvalue weighted by atomic mass is 9.90. The van der Waals surface area contributed by atoms with Crippen LogP contribution >= 0.6 is 10.0 Å². The fraction of sp³-hybridized carbons (Fsp3) is 0.400. The number of fused-ring (bicyclic) bond motifs is 3. The van der Waals surface area contributed by atoms with Crippen LogP contribution in [-0.2, 0) is 10.2 Å². The minimum atomic E-state index is -2.95. The van der Waals surface area contributed by atoms with Crippen molar-refractivity contribution in [2.24, 2.45) is 0 Å². The van der Waals surface area contributed by atoms with Crippen LogP contribution in [0.25, 0.3) is 22.2 Å². The molecule has 0 fully saturated rings. The second kappa shape index (κ2) is 10.2. The van der Waals surface area contributed by atoms with Crippen molar-refractivity contribution in [3.8, 4) is 16.9 Å². The molecule has 0 radical (unpaired) electrons. The molecule has 0 spiro atoms. The van der Waals surface area contributed by atoms with Crippen LogP contribution in [0.2, 0.25) is 0 Å². The molecule has 39 heavy (non-hydrogen) atoms. The maximum atomic E-state index is 15.4. The Morgan fingerprint density at radius 2 is 1.85 bits per heavy atom. The highest BCUT2D eigenvalue weighted by atomic mass is 32.3. The quantitative estimate of drug-likeness (QED) is 0.225. The highest BCUT2D eigenvalue weighted by Crippen LogP contribution is 2.46. The summed E-state index contributed by atoms with van der Waals surface area (Å²) in [5.74, 6) is 1.36. The number of halogens is 3. The van der Waals surface area contributed by atoms with Crippen LogP contribution in [0.1, 0.15) is 49.5 Å². The van der Waals surface area contributed by atoms with E-state index in [2.05, 4.69) is 37.6 Å². The normalized spacial score (nSPS) is 18.1. The Bertz CT molecular complexity index is 1500. The molecule has 0 N–H and O–H groups in total. The number of hydrogen-bond donors (Lipinski definition) is 0. The van der Waals surface area contributed by atoms with E-state index in [-0.39, 0.29) is 23.3 Å². The van der Waals surface area contributed by atoms with Gasteiger partial charge < -0.3 is 14.0 Å². The maximum Gasteiger partial charge on any atom is 0.387 e. The molecule has 0 bridgehead atoms. The van der Waals surface area contributed by atoms with Crippen molar-refractivity contribution in [2.75, 3.05) is 31.6 Å². The number of nitrogens with zero attached hydrogens (tertiary/aromatic N) is 3. The number of aromatic nitrogens is 3. The van der Waals surface area contributed by atoms with E-state index in [4.69, 9.17) is 14.5 Å². The van der Waals surface area contributed by atoms with Crippen LogP contribution in [0.5, 0.6) is 5.75 Å². The number of imidazole rings is 1. The van der Waals surface area contributed by atoms with Gasteiger partial charge in [-0.2, -0.15) is 8.78 Å². The van der Waals surface area contributed by atoms with Gasteiger partial charge in [-0.25, -0.2) is 19.4 Å². The first-order valence-electron chi connectivity index (χ1n) is 12.8. The monoisotopic (exact) mass is 557 g/mol. The van der Waals surface area contributed by atoms with Crippen molar-refractivity contribution in [2.45, 2.75) is 44.4 Å². The third kappa shape index (κ3) is 5.39. The summed E-state index contributed by atoms with van der Waals surface area (Å²) in [4.78, 5) is 9.42.